The van der Waals surface area contributed by atoms with E-state index in [2.05, 4.69) is 0 Å². The number of hydrogen-bond acceptors (Lipinski definition) is 2. The molecule has 0 amide bonds. The van der Waals surface area contributed by atoms with E-state index in [4.69, 9.17) is 10.2 Å². The molecular formula is C10H11F3O2. The van der Waals surface area contributed by atoms with Crippen LogP contribution in [0, 0.1) is 0 Å². The minimum absolute atomic E-state index is 0.0672. The fourth-order valence-corrected chi connectivity index (χ4v) is 1.25. The summed E-state index contributed by atoms with van der Waals surface area (Å²) >= 11 is 0. The zero-order valence-corrected chi connectivity index (χ0v) is 7.88. The summed E-state index contributed by atoms with van der Waals surface area (Å²) in [4.78, 5) is 0. The summed E-state index contributed by atoms with van der Waals surface area (Å²) in [5, 5.41) is 17.6. The summed E-state index contributed by atoms with van der Waals surface area (Å²) in [5.74, 6) is -0.768. The number of aryl methyl sites for hydroxylation is 1. The van der Waals surface area contributed by atoms with E-state index in [1.165, 1.54) is 6.07 Å². The van der Waals surface area contributed by atoms with Crippen LogP contribution in [-0.4, -0.2) is 16.8 Å². The molecule has 84 valence electrons. The maximum atomic E-state index is 12.3. The minimum atomic E-state index is -4.54. The number of aromatic hydroxyl groups is 1. The normalized spacial score (nSPS) is 11.7. The Hall–Kier alpha value is -1.23. The average molecular weight is 220 g/mol. The molecule has 5 heteroatoms. The molecule has 0 bridgehead atoms. The molecular weight excluding hydrogens is 209 g/mol. The Kier molecular flexibility index (Phi) is 3.57. The Morgan fingerprint density at radius 3 is 2.40 bits per heavy atom. The number of benzene rings is 1. The third-order valence-electron chi connectivity index (χ3n) is 1.99. The molecule has 0 aliphatic heterocycles. The lowest BCUT2D eigenvalue weighted by Crippen LogP contribution is -2.06. The summed E-state index contributed by atoms with van der Waals surface area (Å²) < 4.78 is 37.0. The molecule has 2 N–H and O–H groups in total. The molecule has 0 heterocycles. The van der Waals surface area contributed by atoms with Crippen molar-refractivity contribution in [1.29, 1.82) is 0 Å². The first-order chi connectivity index (χ1) is 6.95. The van der Waals surface area contributed by atoms with E-state index in [0.29, 0.717) is 18.4 Å². The number of hydrogen-bond donors (Lipinski definition) is 2. The van der Waals surface area contributed by atoms with Gasteiger partial charge in [-0.3, -0.25) is 0 Å². The van der Waals surface area contributed by atoms with Gasteiger partial charge < -0.3 is 10.2 Å². The van der Waals surface area contributed by atoms with E-state index in [1.807, 2.05) is 0 Å². The Morgan fingerprint density at radius 2 is 1.87 bits per heavy atom. The quantitative estimate of drug-likeness (QED) is 0.820. The van der Waals surface area contributed by atoms with E-state index in [0.717, 1.165) is 12.1 Å². The summed E-state index contributed by atoms with van der Waals surface area (Å²) in [5.41, 5.74) is -0.577. The smallest absolute Gasteiger partial charge is 0.419 e. The highest BCUT2D eigenvalue weighted by Crippen LogP contribution is 2.36. The van der Waals surface area contributed by atoms with E-state index in [-0.39, 0.29) is 6.61 Å². The largest absolute Gasteiger partial charge is 0.507 e. The van der Waals surface area contributed by atoms with Crippen LogP contribution in [0.25, 0.3) is 0 Å². The maximum absolute atomic E-state index is 12.3. The Balaban J connectivity index is 2.95. The van der Waals surface area contributed by atoms with Gasteiger partial charge in [0.2, 0.25) is 0 Å². The van der Waals surface area contributed by atoms with Crippen molar-refractivity contribution in [3.05, 3.63) is 29.3 Å². The van der Waals surface area contributed by atoms with Gasteiger partial charge in [-0.2, -0.15) is 13.2 Å². The number of phenolic OH excluding ortho intramolecular Hbond substituents is 1. The molecule has 1 aromatic rings. The molecule has 0 aliphatic carbocycles. The first-order valence-electron chi connectivity index (χ1n) is 4.45. The van der Waals surface area contributed by atoms with Crippen LogP contribution in [0.1, 0.15) is 17.5 Å². The van der Waals surface area contributed by atoms with E-state index in [9.17, 15) is 13.2 Å². The van der Waals surface area contributed by atoms with Crippen LogP contribution < -0.4 is 0 Å². The van der Waals surface area contributed by atoms with Crippen molar-refractivity contribution in [2.24, 2.45) is 0 Å². The second kappa shape index (κ2) is 4.53. The van der Waals surface area contributed by atoms with Crippen LogP contribution in [0.3, 0.4) is 0 Å². The summed E-state index contributed by atoms with van der Waals surface area (Å²) in [6.45, 7) is -0.0672. The fourth-order valence-electron chi connectivity index (χ4n) is 1.25. The summed E-state index contributed by atoms with van der Waals surface area (Å²) in [6, 6.07) is 3.35. The second-order valence-electron chi connectivity index (χ2n) is 3.18. The first-order valence-corrected chi connectivity index (χ1v) is 4.45. The van der Waals surface area contributed by atoms with Crippen molar-refractivity contribution in [2.45, 2.75) is 19.0 Å². The molecule has 0 aliphatic rings. The topological polar surface area (TPSA) is 40.5 Å². The van der Waals surface area contributed by atoms with Crippen LogP contribution in [0.2, 0.25) is 0 Å². The van der Waals surface area contributed by atoms with Crippen molar-refractivity contribution in [3.63, 3.8) is 0 Å². The molecule has 1 aromatic carbocycles. The van der Waals surface area contributed by atoms with Crippen LogP contribution in [-0.2, 0) is 12.6 Å². The highest BCUT2D eigenvalue weighted by atomic mass is 19.4. The SMILES string of the molecule is OCCCc1ccc(O)c(C(F)(F)F)c1. The predicted octanol–water partition coefficient (Wildman–Crippen LogP) is 2.34. The highest BCUT2D eigenvalue weighted by molar-refractivity contribution is 5.38. The van der Waals surface area contributed by atoms with Gasteiger partial charge >= 0.3 is 6.18 Å². The van der Waals surface area contributed by atoms with Gasteiger partial charge in [-0.05, 0) is 30.5 Å². The van der Waals surface area contributed by atoms with Crippen molar-refractivity contribution >= 4 is 0 Å². The number of alkyl halides is 3. The van der Waals surface area contributed by atoms with Gasteiger partial charge in [0.15, 0.2) is 0 Å². The van der Waals surface area contributed by atoms with Crippen molar-refractivity contribution < 1.29 is 23.4 Å². The predicted molar refractivity (Wildman–Crippen MR) is 48.5 cm³/mol. The molecule has 0 radical (unpaired) electrons. The average Bonchev–Trinajstić information content (AvgIpc) is 2.15. The molecule has 0 unspecified atom stereocenters. The van der Waals surface area contributed by atoms with E-state index >= 15 is 0 Å². The standard InChI is InChI=1S/C10H11F3O2/c11-10(12,13)8-6-7(2-1-5-14)3-4-9(8)15/h3-4,6,14-15H,1-2,5H2. The van der Waals surface area contributed by atoms with Gasteiger partial charge in [-0.15, -0.1) is 0 Å². The Morgan fingerprint density at radius 1 is 1.20 bits per heavy atom. The lowest BCUT2D eigenvalue weighted by molar-refractivity contribution is -0.138. The third kappa shape index (κ3) is 3.13. The third-order valence-corrected chi connectivity index (χ3v) is 1.99. The lowest BCUT2D eigenvalue weighted by atomic mass is 10.1. The first kappa shape index (κ1) is 11.8. The van der Waals surface area contributed by atoms with Crippen molar-refractivity contribution in [1.82, 2.24) is 0 Å². The van der Waals surface area contributed by atoms with Crippen molar-refractivity contribution in [2.75, 3.05) is 6.61 Å². The number of rotatable bonds is 3. The minimum Gasteiger partial charge on any atom is -0.507 e. The second-order valence-corrected chi connectivity index (χ2v) is 3.18. The Bertz CT molecular complexity index is 334. The monoisotopic (exact) mass is 220 g/mol. The number of aliphatic hydroxyl groups excluding tert-OH is 1. The number of aliphatic hydroxyl groups is 1. The van der Waals surface area contributed by atoms with Gasteiger partial charge in [0.1, 0.15) is 5.75 Å². The number of halogens is 3. The Labute approximate surface area is 85.0 Å². The molecule has 0 atom stereocenters. The van der Waals surface area contributed by atoms with Gasteiger partial charge in [0.25, 0.3) is 0 Å². The van der Waals surface area contributed by atoms with Gasteiger partial charge in [0.05, 0.1) is 5.56 Å². The zero-order valence-electron chi connectivity index (χ0n) is 7.88. The molecule has 2 nitrogen and oxygen atoms in total. The number of phenols is 1. The van der Waals surface area contributed by atoms with Gasteiger partial charge in [0, 0.05) is 6.61 Å². The van der Waals surface area contributed by atoms with E-state index < -0.39 is 17.5 Å². The summed E-state index contributed by atoms with van der Waals surface area (Å²) in [7, 11) is 0. The van der Waals surface area contributed by atoms with Gasteiger partial charge in [-0.1, -0.05) is 6.07 Å². The van der Waals surface area contributed by atoms with Crippen molar-refractivity contribution in [3.8, 4) is 5.75 Å². The fraction of sp³-hybridized carbons (Fsp3) is 0.400. The molecule has 1 rings (SSSR count). The van der Waals surface area contributed by atoms with Crippen LogP contribution in [0.15, 0.2) is 18.2 Å². The van der Waals surface area contributed by atoms with Crippen LogP contribution in [0.5, 0.6) is 5.75 Å². The van der Waals surface area contributed by atoms with Gasteiger partial charge in [-0.25, -0.2) is 0 Å². The molecule has 0 spiro atoms. The maximum Gasteiger partial charge on any atom is 0.419 e. The van der Waals surface area contributed by atoms with E-state index in [1.54, 1.807) is 0 Å². The molecule has 0 fully saturated rings. The molecule has 0 aromatic heterocycles. The highest BCUT2D eigenvalue weighted by Gasteiger charge is 2.33. The lowest BCUT2D eigenvalue weighted by Gasteiger charge is -2.10. The molecule has 0 saturated carbocycles. The summed E-state index contributed by atoms with van der Waals surface area (Å²) in [6.07, 6.45) is -3.78. The molecule has 0 saturated heterocycles. The van der Waals surface area contributed by atoms with Crippen LogP contribution in [0.4, 0.5) is 13.2 Å². The molecule has 15 heavy (non-hydrogen) atoms. The zero-order chi connectivity index (χ0) is 11.5. The van der Waals surface area contributed by atoms with Crippen LogP contribution >= 0.6 is 0 Å².